The van der Waals surface area contributed by atoms with Gasteiger partial charge in [-0.25, -0.2) is 19.4 Å². The minimum atomic E-state index is -1.34. The maximum absolute atomic E-state index is 13.9. The first-order valence-corrected chi connectivity index (χ1v) is 15.1. The molecule has 4 aromatic rings. The molecule has 3 atom stereocenters. The van der Waals surface area contributed by atoms with Crippen molar-refractivity contribution in [2.75, 3.05) is 20.8 Å². The maximum Gasteiger partial charge on any atom is 0.419 e. The molecule has 1 aliphatic rings. The van der Waals surface area contributed by atoms with E-state index in [-0.39, 0.29) is 11.0 Å². The van der Waals surface area contributed by atoms with Crippen molar-refractivity contribution in [1.82, 2.24) is 0 Å². The number of carbonyl (C=O) groups excluding carboxylic acids is 3. The Labute approximate surface area is 263 Å². The van der Waals surface area contributed by atoms with Crippen LogP contribution < -0.4 is 9.80 Å². The van der Waals surface area contributed by atoms with E-state index in [0.29, 0.717) is 22.7 Å². The third-order valence-corrected chi connectivity index (χ3v) is 8.35. The number of para-hydroxylation sites is 4. The Bertz CT molecular complexity index is 1480. The van der Waals surface area contributed by atoms with E-state index in [2.05, 4.69) is 6.58 Å². The van der Waals surface area contributed by atoms with Crippen LogP contribution in [0.25, 0.3) is 0 Å². The van der Waals surface area contributed by atoms with Crippen molar-refractivity contribution in [1.29, 1.82) is 0 Å². The number of hydrogen-bond donors (Lipinski definition) is 0. The number of esters is 1. The summed E-state index contributed by atoms with van der Waals surface area (Å²) in [5.41, 5.74) is 1.00. The fourth-order valence-corrected chi connectivity index (χ4v) is 5.91. The molecule has 0 N–H and O–H groups in total. The molecule has 5 rings (SSSR count). The van der Waals surface area contributed by atoms with Crippen molar-refractivity contribution in [3.8, 4) is 0 Å². The van der Waals surface area contributed by atoms with Gasteiger partial charge < -0.3 is 14.2 Å². The highest BCUT2D eigenvalue weighted by atomic mass is 127. The fraction of sp³-hybridized carbons (Fsp3) is 0.147. The number of alkyl halides is 1. The topological polar surface area (TPSA) is 85.4 Å². The predicted molar refractivity (Wildman–Crippen MR) is 173 cm³/mol. The van der Waals surface area contributed by atoms with Gasteiger partial charge in [-0.15, -0.1) is 6.58 Å². The zero-order valence-corrected chi connectivity index (χ0v) is 25.3. The van der Waals surface area contributed by atoms with Crippen molar-refractivity contribution in [2.24, 2.45) is 5.41 Å². The quantitative estimate of drug-likeness (QED) is 0.0586. The number of benzene rings is 4. The van der Waals surface area contributed by atoms with Gasteiger partial charge in [-0.05, 0) is 48.5 Å². The van der Waals surface area contributed by atoms with Gasteiger partial charge in [0.25, 0.3) is 0 Å². The van der Waals surface area contributed by atoms with E-state index in [1.54, 1.807) is 48.5 Å². The summed E-state index contributed by atoms with van der Waals surface area (Å²) in [4.78, 5) is 43.5. The largest absolute Gasteiger partial charge is 0.454 e. The first-order valence-electron chi connectivity index (χ1n) is 13.6. The Balaban J connectivity index is 1.42. The predicted octanol–water partition coefficient (Wildman–Crippen LogP) is 7.84. The number of ether oxygens (including phenoxy) is 3. The van der Waals surface area contributed by atoms with Gasteiger partial charge in [-0.2, -0.15) is 0 Å². The molecule has 1 heterocycles. The SMILES string of the molecule is C=C[C@@]1(CI)C(=O)O[C@H](COC(=O)N(c2ccccc2)c2ccccc2)[C@H]1OC(=O)N(c1ccccc1)c1ccccc1. The summed E-state index contributed by atoms with van der Waals surface area (Å²) in [6.07, 6.45) is -2.15. The molecule has 0 spiro atoms. The first kappa shape index (κ1) is 29.8. The number of halogens is 1. The smallest absolute Gasteiger partial charge is 0.419 e. The van der Waals surface area contributed by atoms with Gasteiger partial charge in [-0.1, -0.05) is 101 Å². The molecule has 0 aliphatic carbocycles. The second-order valence-electron chi connectivity index (χ2n) is 9.72. The molecule has 8 nitrogen and oxygen atoms in total. The molecule has 1 aliphatic heterocycles. The molecule has 1 fully saturated rings. The van der Waals surface area contributed by atoms with Crippen LogP contribution in [0.2, 0.25) is 0 Å². The number of cyclic esters (lactones) is 1. The highest BCUT2D eigenvalue weighted by Crippen LogP contribution is 2.41. The summed E-state index contributed by atoms with van der Waals surface area (Å²) >= 11 is 2.04. The molecule has 0 unspecified atom stereocenters. The Morgan fingerprint density at radius 2 is 1.14 bits per heavy atom. The molecule has 0 saturated carbocycles. The van der Waals surface area contributed by atoms with E-state index in [4.69, 9.17) is 14.2 Å². The summed E-state index contributed by atoms with van der Waals surface area (Å²) in [5.74, 6) is -0.607. The average Bonchev–Trinajstić information content (AvgIpc) is 3.32. The summed E-state index contributed by atoms with van der Waals surface area (Å²) in [6.45, 7) is 3.52. The average molecular weight is 689 g/mol. The standard InChI is InChI=1S/C34H29IN2O6/c1-2-34(24-35)30(43-33(40)37(27-19-11-5-12-20-27)28-21-13-6-14-22-28)29(42-31(34)38)23-41-32(39)36(25-15-7-3-8-16-25)26-17-9-4-10-18-26/h2-22,29-30H,1,23-24H2/t29-,30-,34+/m1/s1. The van der Waals surface area contributed by atoms with Gasteiger partial charge in [0.2, 0.25) is 0 Å². The van der Waals surface area contributed by atoms with Gasteiger partial charge in [0.15, 0.2) is 12.2 Å². The van der Waals surface area contributed by atoms with Crippen LogP contribution in [-0.2, 0) is 19.0 Å². The van der Waals surface area contributed by atoms with E-state index in [1.807, 2.05) is 95.4 Å². The van der Waals surface area contributed by atoms with Crippen LogP contribution in [0.5, 0.6) is 0 Å². The van der Waals surface area contributed by atoms with Crippen molar-refractivity contribution in [3.63, 3.8) is 0 Å². The van der Waals surface area contributed by atoms with E-state index in [1.165, 1.54) is 15.9 Å². The summed E-state index contributed by atoms with van der Waals surface area (Å²) < 4.78 is 17.8. The van der Waals surface area contributed by atoms with E-state index < -0.39 is 35.8 Å². The summed E-state index contributed by atoms with van der Waals surface area (Å²) in [6, 6.07) is 36.2. The summed E-state index contributed by atoms with van der Waals surface area (Å²) in [7, 11) is 0. The maximum atomic E-state index is 13.9. The Hall–Kier alpha value is -4.64. The van der Waals surface area contributed by atoms with Crippen molar-refractivity contribution < 1.29 is 28.6 Å². The molecular weight excluding hydrogens is 659 g/mol. The highest BCUT2D eigenvalue weighted by molar-refractivity contribution is 14.1. The lowest BCUT2D eigenvalue weighted by Gasteiger charge is -2.31. The van der Waals surface area contributed by atoms with Gasteiger partial charge >= 0.3 is 18.2 Å². The van der Waals surface area contributed by atoms with Crippen LogP contribution in [0, 0.1) is 5.41 Å². The van der Waals surface area contributed by atoms with Gasteiger partial charge in [0.1, 0.15) is 12.0 Å². The number of hydrogen-bond acceptors (Lipinski definition) is 6. The molecule has 43 heavy (non-hydrogen) atoms. The molecule has 0 aromatic heterocycles. The number of amides is 2. The Morgan fingerprint density at radius 1 is 0.744 bits per heavy atom. The third-order valence-electron chi connectivity index (χ3n) is 7.09. The van der Waals surface area contributed by atoms with Gasteiger partial charge in [0.05, 0.1) is 22.7 Å². The normalized spacial score (nSPS) is 19.1. The monoisotopic (exact) mass is 688 g/mol. The van der Waals surface area contributed by atoms with Crippen LogP contribution in [0.1, 0.15) is 0 Å². The van der Waals surface area contributed by atoms with Gasteiger partial charge in [-0.3, -0.25) is 4.79 Å². The fourth-order valence-electron chi connectivity index (χ4n) is 4.85. The van der Waals surface area contributed by atoms with Crippen LogP contribution in [0.3, 0.4) is 0 Å². The lowest BCUT2D eigenvalue weighted by Crippen LogP contribution is -2.46. The van der Waals surface area contributed by atoms with E-state index in [9.17, 15) is 14.4 Å². The van der Waals surface area contributed by atoms with E-state index in [0.717, 1.165) is 0 Å². The zero-order chi connectivity index (χ0) is 30.2. The molecule has 0 radical (unpaired) electrons. The van der Waals surface area contributed by atoms with Crippen LogP contribution in [0.15, 0.2) is 134 Å². The number of anilines is 4. The molecule has 9 heteroatoms. The van der Waals surface area contributed by atoms with Crippen LogP contribution >= 0.6 is 22.6 Å². The van der Waals surface area contributed by atoms with Crippen molar-refractivity contribution >= 4 is 63.5 Å². The van der Waals surface area contributed by atoms with Crippen LogP contribution in [-0.4, -0.2) is 41.4 Å². The van der Waals surface area contributed by atoms with Crippen LogP contribution in [0.4, 0.5) is 32.3 Å². The Morgan fingerprint density at radius 3 is 1.51 bits per heavy atom. The molecule has 1 saturated heterocycles. The third kappa shape index (κ3) is 6.26. The molecular formula is C34H29IN2O6. The van der Waals surface area contributed by atoms with Gasteiger partial charge in [0, 0.05) is 4.43 Å². The number of rotatable bonds is 9. The van der Waals surface area contributed by atoms with Crippen molar-refractivity contribution in [3.05, 3.63) is 134 Å². The number of nitrogens with zero attached hydrogens (tertiary/aromatic N) is 2. The second-order valence-corrected chi connectivity index (χ2v) is 10.5. The minimum Gasteiger partial charge on any atom is -0.454 e. The molecule has 0 bridgehead atoms. The molecule has 2 amide bonds. The molecule has 4 aromatic carbocycles. The highest BCUT2D eigenvalue weighted by Gasteiger charge is 2.58. The first-order chi connectivity index (χ1) is 21.0. The zero-order valence-electron chi connectivity index (χ0n) is 23.1. The molecule has 218 valence electrons. The van der Waals surface area contributed by atoms with Crippen molar-refractivity contribution in [2.45, 2.75) is 12.2 Å². The van der Waals surface area contributed by atoms with E-state index >= 15 is 0 Å². The Kier molecular flexibility index (Phi) is 9.41. The minimum absolute atomic E-state index is 0.228. The lowest BCUT2D eigenvalue weighted by atomic mass is 9.84. The lowest BCUT2D eigenvalue weighted by molar-refractivity contribution is -0.147. The number of carbonyl (C=O) groups is 3. The summed E-state index contributed by atoms with van der Waals surface area (Å²) in [5, 5.41) is 0. The second kappa shape index (κ2) is 13.6.